The van der Waals surface area contributed by atoms with E-state index in [9.17, 15) is 5.11 Å². The largest absolute Gasteiger partial charge is 1.00 e. The number of rotatable bonds is 16. The molecule has 0 aliphatic carbocycles. The van der Waals surface area contributed by atoms with Crippen molar-refractivity contribution in [3.05, 3.63) is 125 Å². The number of aromatic hydroxyl groups is 1. The molecule has 0 aliphatic heterocycles. The van der Waals surface area contributed by atoms with Crippen LogP contribution in [0.5, 0.6) is 11.5 Å². The zero-order valence-corrected chi connectivity index (χ0v) is 26.5. The molecular formula is C37H41BrClNO2. The Bertz CT molecular complexity index is 1370. The summed E-state index contributed by atoms with van der Waals surface area (Å²) in [6.45, 7) is 1.84. The van der Waals surface area contributed by atoms with Crippen molar-refractivity contribution in [2.75, 3.05) is 6.61 Å². The summed E-state index contributed by atoms with van der Waals surface area (Å²) in [6.07, 6.45) is 22.6. The number of phenols is 1. The van der Waals surface area contributed by atoms with Gasteiger partial charge in [0.1, 0.15) is 18.0 Å². The Balaban J connectivity index is 0.00000484. The van der Waals surface area contributed by atoms with Crippen molar-refractivity contribution in [1.29, 1.82) is 0 Å². The molecule has 4 aromatic rings. The van der Waals surface area contributed by atoms with Gasteiger partial charge in [-0.3, -0.25) is 0 Å². The van der Waals surface area contributed by atoms with Crippen LogP contribution in [0.3, 0.4) is 0 Å². The molecule has 3 aromatic carbocycles. The van der Waals surface area contributed by atoms with E-state index in [1.54, 1.807) is 12.1 Å². The summed E-state index contributed by atoms with van der Waals surface area (Å²) < 4.78 is 8.19. The van der Waals surface area contributed by atoms with Crippen LogP contribution < -0.4 is 26.3 Å². The maximum atomic E-state index is 9.58. The molecule has 0 bridgehead atoms. The Morgan fingerprint density at radius 3 is 1.74 bits per heavy atom. The third-order valence-corrected chi connectivity index (χ3v) is 7.31. The Morgan fingerprint density at radius 1 is 0.595 bits per heavy atom. The number of hydrogen-bond donors (Lipinski definition) is 1. The number of unbranched alkanes of at least 4 members (excludes halogenated alkanes) is 7. The normalized spacial score (nSPS) is 11.2. The topological polar surface area (TPSA) is 33.3 Å². The molecule has 0 saturated heterocycles. The van der Waals surface area contributed by atoms with Gasteiger partial charge in [0.25, 0.3) is 0 Å². The monoisotopic (exact) mass is 645 g/mol. The number of ether oxygens (including phenoxy) is 1. The first-order valence-electron chi connectivity index (χ1n) is 14.8. The number of benzene rings is 3. The van der Waals surface area contributed by atoms with Crippen LogP contribution in [-0.2, 0) is 6.54 Å². The van der Waals surface area contributed by atoms with E-state index in [-0.39, 0.29) is 17.0 Å². The quantitative estimate of drug-likeness (QED) is 0.0819. The second kappa shape index (κ2) is 19.0. The number of phenolic OH excluding ortho intramolecular Hbond substituents is 1. The van der Waals surface area contributed by atoms with E-state index in [0.717, 1.165) is 52.6 Å². The lowest BCUT2D eigenvalue weighted by atomic mass is 10.1. The van der Waals surface area contributed by atoms with Crippen molar-refractivity contribution in [3.63, 3.8) is 0 Å². The van der Waals surface area contributed by atoms with Gasteiger partial charge in [-0.1, -0.05) is 104 Å². The minimum atomic E-state index is 0. The van der Waals surface area contributed by atoms with Crippen molar-refractivity contribution in [2.45, 2.75) is 57.9 Å². The van der Waals surface area contributed by atoms with Crippen LogP contribution in [0.15, 0.2) is 97.3 Å². The second-order valence-corrected chi connectivity index (χ2v) is 10.9. The number of hydrogen-bond acceptors (Lipinski definition) is 2. The molecule has 0 fully saturated rings. The zero-order chi connectivity index (χ0) is 28.5. The molecule has 0 aliphatic rings. The first-order chi connectivity index (χ1) is 20.1. The molecule has 3 nitrogen and oxygen atoms in total. The Hall–Kier alpha value is -3.34. The summed E-state index contributed by atoms with van der Waals surface area (Å²) in [5.41, 5.74) is 4.44. The fraction of sp³-hybridized carbons (Fsp3) is 0.270. The van der Waals surface area contributed by atoms with Crippen LogP contribution >= 0.6 is 11.6 Å². The molecule has 0 radical (unpaired) electrons. The summed E-state index contributed by atoms with van der Waals surface area (Å²) in [5, 5.41) is 10.3. The summed E-state index contributed by atoms with van der Waals surface area (Å²) in [7, 11) is 0. The molecule has 0 amide bonds. The Labute approximate surface area is 266 Å². The van der Waals surface area contributed by atoms with Gasteiger partial charge in [0.2, 0.25) is 0 Å². The third kappa shape index (κ3) is 12.7. The number of pyridine rings is 1. The average molecular weight is 647 g/mol. The highest BCUT2D eigenvalue weighted by Gasteiger charge is 2.01. The van der Waals surface area contributed by atoms with Gasteiger partial charge in [-0.15, -0.1) is 0 Å². The third-order valence-electron chi connectivity index (χ3n) is 7.05. The number of aromatic nitrogens is 1. The van der Waals surface area contributed by atoms with Crippen molar-refractivity contribution in [3.8, 4) is 11.5 Å². The van der Waals surface area contributed by atoms with E-state index in [1.165, 1.54) is 44.9 Å². The Kier molecular flexibility index (Phi) is 15.0. The molecule has 0 saturated carbocycles. The van der Waals surface area contributed by atoms with Gasteiger partial charge in [0, 0.05) is 23.6 Å². The van der Waals surface area contributed by atoms with Crippen molar-refractivity contribution >= 4 is 35.9 Å². The first-order valence-corrected chi connectivity index (χ1v) is 15.1. The molecule has 0 spiro atoms. The molecule has 220 valence electrons. The van der Waals surface area contributed by atoms with Gasteiger partial charge in [-0.05, 0) is 71.5 Å². The lowest BCUT2D eigenvalue weighted by molar-refractivity contribution is -0.697. The SMILES string of the molecule is Oc1cccc(/C=C/c2cc[n+](CCCCCCCCCCOc3ccc(/C=C/c4ccc(Cl)cc4)cc3)cc2)c1.[Br-]. The predicted octanol–water partition coefficient (Wildman–Crippen LogP) is 6.88. The van der Waals surface area contributed by atoms with Crippen LogP contribution in [0.1, 0.15) is 73.6 Å². The van der Waals surface area contributed by atoms with Crippen LogP contribution in [0.2, 0.25) is 5.02 Å². The van der Waals surface area contributed by atoms with Crippen LogP contribution in [0.4, 0.5) is 0 Å². The van der Waals surface area contributed by atoms with E-state index < -0.39 is 0 Å². The van der Waals surface area contributed by atoms with E-state index in [4.69, 9.17) is 16.3 Å². The zero-order valence-electron chi connectivity index (χ0n) is 24.2. The molecule has 4 rings (SSSR count). The smallest absolute Gasteiger partial charge is 0.169 e. The molecule has 0 atom stereocenters. The average Bonchev–Trinajstić information content (AvgIpc) is 3.00. The predicted molar refractivity (Wildman–Crippen MR) is 173 cm³/mol. The molecule has 42 heavy (non-hydrogen) atoms. The summed E-state index contributed by atoms with van der Waals surface area (Å²) >= 11 is 5.94. The lowest BCUT2D eigenvalue weighted by Gasteiger charge is -2.06. The fourth-order valence-corrected chi connectivity index (χ4v) is 4.76. The van der Waals surface area contributed by atoms with Crippen LogP contribution in [0.25, 0.3) is 24.3 Å². The molecule has 1 heterocycles. The minimum absolute atomic E-state index is 0. The van der Waals surface area contributed by atoms with Crippen molar-refractivity contribution < 1.29 is 31.4 Å². The first kappa shape index (κ1) is 33.2. The molecule has 1 N–H and O–H groups in total. The summed E-state index contributed by atoms with van der Waals surface area (Å²) in [6, 6.07) is 27.7. The van der Waals surface area contributed by atoms with Gasteiger partial charge in [-0.2, -0.15) is 0 Å². The summed E-state index contributed by atoms with van der Waals surface area (Å²) in [4.78, 5) is 0. The maximum Gasteiger partial charge on any atom is 0.169 e. The molecular weight excluding hydrogens is 606 g/mol. The van der Waals surface area contributed by atoms with Crippen molar-refractivity contribution in [2.24, 2.45) is 0 Å². The van der Waals surface area contributed by atoms with Crippen molar-refractivity contribution in [1.82, 2.24) is 0 Å². The highest BCUT2D eigenvalue weighted by atomic mass is 79.9. The van der Waals surface area contributed by atoms with Crippen LogP contribution in [-0.4, -0.2) is 11.7 Å². The van der Waals surface area contributed by atoms with Gasteiger partial charge in [-0.25, -0.2) is 4.57 Å². The maximum absolute atomic E-state index is 9.58. The summed E-state index contributed by atoms with van der Waals surface area (Å²) in [5.74, 6) is 1.23. The van der Waals surface area contributed by atoms with Gasteiger partial charge >= 0.3 is 0 Å². The van der Waals surface area contributed by atoms with E-state index in [2.05, 4.69) is 59.5 Å². The molecule has 0 unspecified atom stereocenters. The van der Waals surface area contributed by atoms with Crippen LogP contribution in [0, 0.1) is 0 Å². The standard InChI is InChI=1S/C37H40ClNO2.BrH/c38-35-20-16-31(17-21-35)12-13-32-18-22-37(23-19-32)41-29-8-6-4-2-1-3-5-7-26-39-27-24-33(25-28-39)14-15-34-10-9-11-36(40)30-34;/h9-25,27-28,30H,1-8,26,29H2;1H/b13-12+,15-14+;. The minimum Gasteiger partial charge on any atom is -1.00 e. The van der Waals surface area contributed by atoms with Gasteiger partial charge in [0.05, 0.1) is 6.61 Å². The lowest BCUT2D eigenvalue weighted by Crippen LogP contribution is -3.00. The molecule has 5 heteroatoms. The van der Waals surface area contributed by atoms with E-state index in [0.29, 0.717) is 5.75 Å². The van der Waals surface area contributed by atoms with E-state index >= 15 is 0 Å². The number of aryl methyl sites for hydroxylation is 1. The fourth-order valence-electron chi connectivity index (χ4n) is 4.64. The highest BCUT2D eigenvalue weighted by Crippen LogP contribution is 2.17. The number of halogens is 2. The number of nitrogens with zero attached hydrogens (tertiary/aromatic N) is 1. The second-order valence-electron chi connectivity index (χ2n) is 10.4. The molecule has 1 aromatic heterocycles. The van der Waals surface area contributed by atoms with Gasteiger partial charge < -0.3 is 26.8 Å². The highest BCUT2D eigenvalue weighted by molar-refractivity contribution is 6.30. The van der Waals surface area contributed by atoms with Gasteiger partial charge in [0.15, 0.2) is 12.4 Å². The van der Waals surface area contributed by atoms with E-state index in [1.807, 2.05) is 54.6 Å². The Morgan fingerprint density at radius 2 is 1.12 bits per heavy atom.